The lowest BCUT2D eigenvalue weighted by molar-refractivity contribution is 0.0914. The maximum absolute atomic E-state index is 13.7. The number of amides is 2. The zero-order valence-corrected chi connectivity index (χ0v) is 26.6. The second-order valence-electron chi connectivity index (χ2n) is 11.1. The molecule has 2 aromatic heterocycles. The predicted octanol–water partition coefficient (Wildman–Crippen LogP) is 7.46. The lowest BCUT2D eigenvalue weighted by atomic mass is 10.0. The molecule has 6 aromatic rings. The molecule has 1 atom stereocenters. The van der Waals surface area contributed by atoms with Crippen molar-refractivity contribution >= 4 is 33.6 Å². The molecule has 0 fully saturated rings. The number of nitrogens with one attached hydrogen (secondary N) is 2. The van der Waals surface area contributed by atoms with Crippen LogP contribution in [0.4, 0.5) is 0 Å². The van der Waals surface area contributed by atoms with Gasteiger partial charge in [0.2, 0.25) is 0 Å². The zero-order valence-electron chi connectivity index (χ0n) is 26.6. The summed E-state index contributed by atoms with van der Waals surface area (Å²) in [6.07, 6.45) is 0. The van der Waals surface area contributed by atoms with Crippen LogP contribution in [0.1, 0.15) is 41.5 Å². The molecule has 0 saturated carbocycles. The number of fused-ring (bicyclic) bond motifs is 2. The molecule has 0 aliphatic rings. The van der Waals surface area contributed by atoms with E-state index < -0.39 is 0 Å². The van der Waals surface area contributed by atoms with Gasteiger partial charge >= 0.3 is 0 Å². The number of para-hydroxylation sites is 2. The van der Waals surface area contributed by atoms with Crippen molar-refractivity contribution in [2.75, 3.05) is 19.8 Å². The third-order valence-electron chi connectivity index (χ3n) is 7.79. The maximum Gasteiger partial charge on any atom is 0.252 e. The van der Waals surface area contributed by atoms with Gasteiger partial charge in [0.05, 0.1) is 46.8 Å². The normalized spacial score (nSPS) is 11.6. The fourth-order valence-corrected chi connectivity index (χ4v) is 5.49. The van der Waals surface area contributed by atoms with Gasteiger partial charge in [0.15, 0.2) is 0 Å². The van der Waals surface area contributed by atoms with Gasteiger partial charge in [-0.25, -0.2) is 9.97 Å². The van der Waals surface area contributed by atoms with Crippen LogP contribution in [0.25, 0.3) is 44.3 Å². The summed E-state index contributed by atoms with van der Waals surface area (Å²) in [5, 5.41) is 7.58. The van der Waals surface area contributed by atoms with Crippen LogP contribution < -0.4 is 20.1 Å². The van der Waals surface area contributed by atoms with E-state index in [1.54, 1.807) is 0 Å². The molecule has 0 radical (unpaired) electrons. The molecule has 236 valence electrons. The summed E-state index contributed by atoms with van der Waals surface area (Å²) in [5.74, 6) is 1.06. The van der Waals surface area contributed by atoms with Gasteiger partial charge in [-0.1, -0.05) is 36.4 Å². The first-order chi connectivity index (χ1) is 22.9. The van der Waals surface area contributed by atoms with Gasteiger partial charge in [0.25, 0.3) is 11.8 Å². The number of nitrogens with zero attached hydrogens (tertiary/aromatic N) is 2. The summed E-state index contributed by atoms with van der Waals surface area (Å²) in [7, 11) is 0. The first-order valence-electron chi connectivity index (χ1n) is 15.8. The van der Waals surface area contributed by atoms with Crippen LogP contribution in [0.2, 0.25) is 0 Å². The molecule has 1 unspecified atom stereocenters. The quantitative estimate of drug-likeness (QED) is 0.155. The molecular weight excluding hydrogens is 588 g/mol. The van der Waals surface area contributed by atoms with E-state index in [2.05, 4.69) is 10.6 Å². The Kier molecular flexibility index (Phi) is 9.38. The van der Waals surface area contributed by atoms with E-state index in [1.165, 1.54) is 0 Å². The number of aromatic nitrogens is 2. The van der Waals surface area contributed by atoms with Crippen LogP contribution in [0.15, 0.2) is 109 Å². The minimum atomic E-state index is -0.356. The molecule has 0 spiro atoms. The summed E-state index contributed by atoms with van der Waals surface area (Å²) in [6.45, 7) is 7.15. The van der Waals surface area contributed by atoms with Gasteiger partial charge in [-0.2, -0.15) is 0 Å². The Morgan fingerprint density at radius 3 is 1.55 bits per heavy atom. The number of hydrogen-bond acceptors (Lipinski definition) is 6. The number of benzene rings is 4. The lowest BCUT2D eigenvalue weighted by Gasteiger charge is -2.17. The summed E-state index contributed by atoms with van der Waals surface area (Å²) < 4.78 is 11.2. The summed E-state index contributed by atoms with van der Waals surface area (Å²) in [4.78, 5) is 36.9. The SMILES string of the molecule is CCOc1ccc(-c2cc(C(=O)NCC(C)NC(=O)c3cc(-c4ccc(OCC)cc4)nc4ccccc34)c3ccccc3n2)cc1. The third-order valence-corrected chi connectivity index (χ3v) is 7.79. The van der Waals surface area contributed by atoms with Gasteiger partial charge in [-0.3, -0.25) is 9.59 Å². The summed E-state index contributed by atoms with van der Waals surface area (Å²) in [6, 6.07) is 33.8. The Morgan fingerprint density at radius 2 is 1.09 bits per heavy atom. The molecule has 0 saturated heterocycles. The van der Waals surface area contributed by atoms with E-state index in [4.69, 9.17) is 19.4 Å². The fourth-order valence-electron chi connectivity index (χ4n) is 5.49. The molecule has 2 heterocycles. The van der Waals surface area contributed by atoms with Crippen LogP contribution in [-0.2, 0) is 0 Å². The van der Waals surface area contributed by atoms with Crippen LogP contribution >= 0.6 is 0 Å². The second kappa shape index (κ2) is 14.1. The molecule has 2 amide bonds. The van der Waals surface area contributed by atoms with Crippen molar-refractivity contribution in [3.05, 3.63) is 120 Å². The fraction of sp³-hybridized carbons (Fsp3) is 0.179. The van der Waals surface area contributed by atoms with Gasteiger partial charge < -0.3 is 20.1 Å². The molecule has 0 aliphatic heterocycles. The molecular formula is C39H36N4O4. The van der Waals surface area contributed by atoms with Crippen molar-refractivity contribution in [1.29, 1.82) is 0 Å². The zero-order chi connectivity index (χ0) is 32.8. The summed E-state index contributed by atoms with van der Waals surface area (Å²) in [5.41, 5.74) is 5.59. The average molecular weight is 625 g/mol. The average Bonchev–Trinajstić information content (AvgIpc) is 3.10. The molecule has 8 heteroatoms. The van der Waals surface area contributed by atoms with E-state index in [0.717, 1.165) is 44.4 Å². The van der Waals surface area contributed by atoms with Crippen molar-refractivity contribution in [1.82, 2.24) is 20.6 Å². The van der Waals surface area contributed by atoms with Gasteiger partial charge in [-0.15, -0.1) is 0 Å². The van der Waals surface area contributed by atoms with Crippen LogP contribution in [0.3, 0.4) is 0 Å². The minimum Gasteiger partial charge on any atom is -0.494 e. The van der Waals surface area contributed by atoms with Crippen LogP contribution in [0, 0.1) is 0 Å². The number of pyridine rings is 2. The van der Waals surface area contributed by atoms with E-state index >= 15 is 0 Å². The van der Waals surface area contributed by atoms with E-state index in [9.17, 15) is 9.59 Å². The maximum atomic E-state index is 13.7. The van der Waals surface area contributed by atoms with Gasteiger partial charge in [0.1, 0.15) is 11.5 Å². The van der Waals surface area contributed by atoms with Gasteiger partial charge in [-0.05, 0) is 93.6 Å². The number of carbonyl (C=O) groups excluding carboxylic acids is 2. The Hall–Kier alpha value is -5.76. The molecule has 8 nitrogen and oxygen atoms in total. The highest BCUT2D eigenvalue weighted by atomic mass is 16.5. The molecule has 0 bridgehead atoms. The third kappa shape index (κ3) is 7.07. The first-order valence-corrected chi connectivity index (χ1v) is 15.8. The topological polar surface area (TPSA) is 102 Å². The minimum absolute atomic E-state index is 0.231. The Morgan fingerprint density at radius 1 is 0.638 bits per heavy atom. The van der Waals surface area contributed by atoms with Crippen molar-refractivity contribution in [2.45, 2.75) is 26.8 Å². The molecule has 2 N–H and O–H groups in total. The second-order valence-corrected chi connectivity index (χ2v) is 11.1. The highest BCUT2D eigenvalue weighted by molar-refractivity contribution is 6.08. The number of carbonyl (C=O) groups is 2. The summed E-state index contributed by atoms with van der Waals surface area (Å²) >= 11 is 0. The highest BCUT2D eigenvalue weighted by Gasteiger charge is 2.18. The van der Waals surface area contributed by atoms with Gasteiger partial charge in [0, 0.05) is 34.5 Å². The highest BCUT2D eigenvalue weighted by Crippen LogP contribution is 2.28. The van der Waals surface area contributed by atoms with Crippen LogP contribution in [-0.4, -0.2) is 47.6 Å². The standard InChI is InChI=1S/C39H36N4O4/c1-4-46-28-18-14-26(15-19-28)36-22-32(30-10-6-8-12-34(30)42-36)38(44)40-24-25(3)41-39(45)33-23-37(43-35-13-9-7-11-31(33)35)27-16-20-29(21-17-27)47-5-2/h6-23,25H,4-5,24H2,1-3H3,(H,40,44)(H,41,45). The smallest absolute Gasteiger partial charge is 0.252 e. The predicted molar refractivity (Wildman–Crippen MR) is 186 cm³/mol. The van der Waals surface area contributed by atoms with Crippen molar-refractivity contribution in [2.24, 2.45) is 0 Å². The lowest BCUT2D eigenvalue weighted by Crippen LogP contribution is -2.42. The number of ether oxygens (including phenoxy) is 2. The Bertz CT molecular complexity index is 2040. The molecule has 6 rings (SSSR count). The van der Waals surface area contributed by atoms with E-state index in [0.29, 0.717) is 35.7 Å². The Balaban J connectivity index is 1.19. The van der Waals surface area contributed by atoms with E-state index in [-0.39, 0.29) is 24.4 Å². The number of rotatable bonds is 11. The monoisotopic (exact) mass is 624 g/mol. The van der Waals surface area contributed by atoms with Crippen LogP contribution in [0.5, 0.6) is 11.5 Å². The number of hydrogen-bond donors (Lipinski definition) is 2. The largest absolute Gasteiger partial charge is 0.494 e. The van der Waals surface area contributed by atoms with Crippen molar-refractivity contribution < 1.29 is 19.1 Å². The molecule has 47 heavy (non-hydrogen) atoms. The molecule has 4 aromatic carbocycles. The van der Waals surface area contributed by atoms with E-state index in [1.807, 2.05) is 130 Å². The van der Waals surface area contributed by atoms with Crippen molar-refractivity contribution in [3.8, 4) is 34.0 Å². The first kappa shape index (κ1) is 31.2. The molecule has 0 aliphatic carbocycles. The van der Waals surface area contributed by atoms with Crippen molar-refractivity contribution in [3.63, 3.8) is 0 Å². The Labute approximate surface area is 273 Å².